The highest BCUT2D eigenvalue weighted by Crippen LogP contribution is 2.21. The number of alkyl halides is 3. The average molecular weight is 240 g/mol. The van der Waals surface area contributed by atoms with E-state index in [1.54, 1.807) is 0 Å². The van der Waals surface area contributed by atoms with E-state index in [9.17, 15) is 13.2 Å². The van der Waals surface area contributed by atoms with E-state index < -0.39 is 12.6 Å². The lowest BCUT2D eigenvalue weighted by Gasteiger charge is -2.24. The van der Waals surface area contributed by atoms with Crippen LogP contribution in [0.5, 0.6) is 0 Å². The SMILES string of the molecule is CCCC(C)(N)CNCCCCC(F)(F)F. The summed E-state index contributed by atoms with van der Waals surface area (Å²) in [6.07, 6.45) is -2.05. The van der Waals surface area contributed by atoms with E-state index in [4.69, 9.17) is 5.73 Å². The van der Waals surface area contributed by atoms with E-state index in [0.717, 1.165) is 12.8 Å². The molecular formula is C11H23F3N2. The summed E-state index contributed by atoms with van der Waals surface area (Å²) in [7, 11) is 0. The predicted molar refractivity (Wildman–Crippen MR) is 60.3 cm³/mol. The van der Waals surface area contributed by atoms with Gasteiger partial charge < -0.3 is 11.1 Å². The van der Waals surface area contributed by atoms with Gasteiger partial charge in [-0.05, 0) is 32.7 Å². The Hall–Kier alpha value is -0.290. The van der Waals surface area contributed by atoms with Gasteiger partial charge in [0.2, 0.25) is 0 Å². The van der Waals surface area contributed by atoms with Crippen LogP contribution in [0.25, 0.3) is 0 Å². The molecule has 1 unspecified atom stereocenters. The Kier molecular flexibility index (Phi) is 6.99. The van der Waals surface area contributed by atoms with Crippen molar-refractivity contribution in [1.82, 2.24) is 5.32 Å². The zero-order valence-electron chi connectivity index (χ0n) is 10.2. The number of rotatable bonds is 8. The maximum Gasteiger partial charge on any atom is 0.389 e. The van der Waals surface area contributed by atoms with Gasteiger partial charge in [-0.25, -0.2) is 0 Å². The molecule has 0 aromatic heterocycles. The first-order chi connectivity index (χ1) is 7.27. The van der Waals surface area contributed by atoms with Gasteiger partial charge in [0.05, 0.1) is 0 Å². The summed E-state index contributed by atoms with van der Waals surface area (Å²) in [5, 5.41) is 3.10. The molecular weight excluding hydrogens is 217 g/mol. The van der Waals surface area contributed by atoms with Crippen molar-refractivity contribution < 1.29 is 13.2 Å². The Morgan fingerprint density at radius 1 is 1.12 bits per heavy atom. The third-order valence-electron chi connectivity index (χ3n) is 2.41. The van der Waals surface area contributed by atoms with Crippen LogP contribution in [0.15, 0.2) is 0 Å². The maximum absolute atomic E-state index is 11.8. The molecule has 1 atom stereocenters. The first-order valence-corrected chi connectivity index (χ1v) is 5.83. The summed E-state index contributed by atoms with van der Waals surface area (Å²) in [6, 6.07) is 0. The molecule has 5 heteroatoms. The van der Waals surface area contributed by atoms with Gasteiger partial charge in [-0.3, -0.25) is 0 Å². The van der Waals surface area contributed by atoms with Gasteiger partial charge in [0.15, 0.2) is 0 Å². The third kappa shape index (κ3) is 10.2. The molecule has 0 heterocycles. The third-order valence-corrected chi connectivity index (χ3v) is 2.41. The smallest absolute Gasteiger partial charge is 0.324 e. The summed E-state index contributed by atoms with van der Waals surface area (Å²) in [5.74, 6) is 0. The fraction of sp³-hybridized carbons (Fsp3) is 1.00. The van der Waals surface area contributed by atoms with Crippen molar-refractivity contribution in [3.63, 3.8) is 0 Å². The highest BCUT2D eigenvalue weighted by Gasteiger charge is 2.25. The number of nitrogens with one attached hydrogen (secondary N) is 1. The second-order valence-electron chi connectivity index (χ2n) is 4.65. The van der Waals surface area contributed by atoms with Crippen LogP contribution in [-0.2, 0) is 0 Å². The summed E-state index contributed by atoms with van der Waals surface area (Å²) in [6.45, 7) is 5.28. The van der Waals surface area contributed by atoms with Crippen LogP contribution in [0.4, 0.5) is 13.2 Å². The first kappa shape index (κ1) is 15.7. The average Bonchev–Trinajstić information content (AvgIpc) is 2.09. The van der Waals surface area contributed by atoms with E-state index in [2.05, 4.69) is 12.2 Å². The first-order valence-electron chi connectivity index (χ1n) is 5.83. The predicted octanol–water partition coefficient (Wildman–Crippen LogP) is 2.83. The van der Waals surface area contributed by atoms with Crippen molar-refractivity contribution in [1.29, 1.82) is 0 Å². The summed E-state index contributed by atoms with van der Waals surface area (Å²) in [5.41, 5.74) is 5.72. The highest BCUT2D eigenvalue weighted by atomic mass is 19.4. The minimum atomic E-state index is -4.02. The highest BCUT2D eigenvalue weighted by molar-refractivity contribution is 4.80. The fourth-order valence-electron chi connectivity index (χ4n) is 1.61. The molecule has 98 valence electrons. The molecule has 0 rings (SSSR count). The van der Waals surface area contributed by atoms with Crippen LogP contribution in [0.1, 0.15) is 46.0 Å². The van der Waals surface area contributed by atoms with Crippen LogP contribution in [0, 0.1) is 0 Å². The molecule has 0 fully saturated rings. The fourth-order valence-corrected chi connectivity index (χ4v) is 1.61. The van der Waals surface area contributed by atoms with Crippen LogP contribution in [-0.4, -0.2) is 24.8 Å². The van der Waals surface area contributed by atoms with Gasteiger partial charge in [0, 0.05) is 18.5 Å². The van der Waals surface area contributed by atoms with E-state index in [0.29, 0.717) is 19.5 Å². The largest absolute Gasteiger partial charge is 0.389 e. The van der Waals surface area contributed by atoms with Crippen LogP contribution >= 0.6 is 0 Å². The second kappa shape index (κ2) is 7.12. The molecule has 2 nitrogen and oxygen atoms in total. The quantitative estimate of drug-likeness (QED) is 0.640. The summed E-state index contributed by atoms with van der Waals surface area (Å²) < 4.78 is 35.4. The topological polar surface area (TPSA) is 38.0 Å². The normalized spacial score (nSPS) is 16.1. The van der Waals surface area contributed by atoms with Crippen molar-refractivity contribution >= 4 is 0 Å². The van der Waals surface area contributed by atoms with E-state index in [-0.39, 0.29) is 12.0 Å². The minimum Gasteiger partial charge on any atom is -0.324 e. The van der Waals surface area contributed by atoms with Crippen molar-refractivity contribution in [2.24, 2.45) is 5.73 Å². The molecule has 0 aliphatic rings. The summed E-state index contributed by atoms with van der Waals surface area (Å²) in [4.78, 5) is 0. The number of nitrogens with two attached hydrogens (primary N) is 1. The molecule has 0 spiro atoms. The van der Waals surface area contributed by atoms with Gasteiger partial charge in [0.1, 0.15) is 0 Å². The van der Waals surface area contributed by atoms with Crippen molar-refractivity contribution in [3.8, 4) is 0 Å². The molecule has 0 saturated heterocycles. The maximum atomic E-state index is 11.8. The number of unbranched alkanes of at least 4 members (excludes halogenated alkanes) is 1. The van der Waals surface area contributed by atoms with Gasteiger partial charge in [-0.15, -0.1) is 0 Å². The lowest BCUT2D eigenvalue weighted by molar-refractivity contribution is -0.135. The zero-order chi connectivity index (χ0) is 12.7. The molecule has 0 saturated carbocycles. The second-order valence-corrected chi connectivity index (χ2v) is 4.65. The molecule has 0 aromatic carbocycles. The Morgan fingerprint density at radius 2 is 1.75 bits per heavy atom. The van der Waals surface area contributed by atoms with Crippen LogP contribution < -0.4 is 11.1 Å². The van der Waals surface area contributed by atoms with E-state index in [1.807, 2.05) is 6.92 Å². The lowest BCUT2D eigenvalue weighted by Crippen LogP contribution is -2.46. The number of halogens is 3. The summed E-state index contributed by atoms with van der Waals surface area (Å²) >= 11 is 0. The van der Waals surface area contributed by atoms with E-state index in [1.165, 1.54) is 0 Å². The van der Waals surface area contributed by atoms with Gasteiger partial charge in [0.25, 0.3) is 0 Å². The van der Waals surface area contributed by atoms with Gasteiger partial charge >= 0.3 is 6.18 Å². The standard InChI is InChI=1S/C11H23F3N2/c1-3-6-10(2,15)9-16-8-5-4-7-11(12,13)14/h16H,3-9,15H2,1-2H3. The van der Waals surface area contributed by atoms with Crippen molar-refractivity contribution in [2.75, 3.05) is 13.1 Å². The Labute approximate surface area is 95.8 Å². The Balaban J connectivity index is 3.40. The van der Waals surface area contributed by atoms with Crippen LogP contribution in [0.2, 0.25) is 0 Å². The number of hydrogen-bond acceptors (Lipinski definition) is 2. The molecule has 0 aliphatic heterocycles. The van der Waals surface area contributed by atoms with Gasteiger partial charge in [-0.2, -0.15) is 13.2 Å². The van der Waals surface area contributed by atoms with Crippen LogP contribution in [0.3, 0.4) is 0 Å². The molecule has 0 bridgehead atoms. The Morgan fingerprint density at radius 3 is 2.25 bits per heavy atom. The molecule has 0 aromatic rings. The molecule has 0 radical (unpaired) electrons. The van der Waals surface area contributed by atoms with E-state index >= 15 is 0 Å². The minimum absolute atomic E-state index is 0.186. The molecule has 3 N–H and O–H groups in total. The molecule has 16 heavy (non-hydrogen) atoms. The van der Waals surface area contributed by atoms with Crippen molar-refractivity contribution in [2.45, 2.75) is 57.7 Å². The van der Waals surface area contributed by atoms with Gasteiger partial charge in [-0.1, -0.05) is 13.3 Å². The zero-order valence-corrected chi connectivity index (χ0v) is 10.2. The molecule has 0 aliphatic carbocycles. The van der Waals surface area contributed by atoms with Crippen molar-refractivity contribution in [3.05, 3.63) is 0 Å². The number of hydrogen-bond donors (Lipinski definition) is 2. The monoisotopic (exact) mass is 240 g/mol. The molecule has 0 amide bonds. The lowest BCUT2D eigenvalue weighted by atomic mass is 9.98. The Bertz CT molecular complexity index is 179.